The maximum absolute atomic E-state index is 12.6. The molecule has 6 heteroatoms. The van der Waals surface area contributed by atoms with Crippen LogP contribution < -0.4 is 5.73 Å². The van der Waals surface area contributed by atoms with Gasteiger partial charge in [0.25, 0.3) is 10.0 Å². The number of thiophene rings is 1. The quantitative estimate of drug-likeness (QED) is 0.921. The van der Waals surface area contributed by atoms with E-state index in [1.807, 2.05) is 19.9 Å². The van der Waals surface area contributed by atoms with Crippen LogP contribution in [0, 0.1) is 19.3 Å². The van der Waals surface area contributed by atoms with E-state index in [1.54, 1.807) is 4.31 Å². The number of sulfonamides is 1. The molecule has 0 radical (unpaired) electrons. The Hall–Kier alpha value is -0.430. The Morgan fingerprint density at radius 3 is 2.61 bits per heavy atom. The highest BCUT2D eigenvalue weighted by Crippen LogP contribution is 2.35. The summed E-state index contributed by atoms with van der Waals surface area (Å²) < 4.78 is 27.2. The zero-order valence-electron chi connectivity index (χ0n) is 11.1. The van der Waals surface area contributed by atoms with Crippen molar-refractivity contribution in [1.82, 2.24) is 4.31 Å². The lowest BCUT2D eigenvalue weighted by Gasteiger charge is -2.22. The van der Waals surface area contributed by atoms with Crippen LogP contribution in [0.15, 0.2) is 10.3 Å². The van der Waals surface area contributed by atoms with Crippen molar-refractivity contribution in [1.29, 1.82) is 0 Å². The van der Waals surface area contributed by atoms with E-state index in [4.69, 9.17) is 5.73 Å². The Balaban J connectivity index is 2.31. The molecule has 0 aliphatic carbocycles. The molecule has 1 aromatic rings. The normalized spacial score (nSPS) is 25.8. The van der Waals surface area contributed by atoms with E-state index in [1.165, 1.54) is 11.3 Å². The largest absolute Gasteiger partial charge is 0.330 e. The first-order valence-electron chi connectivity index (χ1n) is 6.06. The average molecular weight is 288 g/mol. The van der Waals surface area contributed by atoms with Gasteiger partial charge in [-0.05, 0) is 43.9 Å². The maximum atomic E-state index is 12.6. The van der Waals surface area contributed by atoms with Gasteiger partial charge in [-0.1, -0.05) is 6.92 Å². The summed E-state index contributed by atoms with van der Waals surface area (Å²) in [7, 11) is -3.33. The molecule has 0 saturated carbocycles. The van der Waals surface area contributed by atoms with Crippen molar-refractivity contribution < 1.29 is 8.42 Å². The number of rotatable bonds is 3. The second-order valence-electron chi connectivity index (χ2n) is 5.43. The van der Waals surface area contributed by atoms with Crippen LogP contribution in [0.2, 0.25) is 0 Å². The van der Waals surface area contributed by atoms with Crippen LogP contribution in [-0.4, -0.2) is 32.4 Å². The SMILES string of the molecule is Cc1cc(C)c(S(=O)(=O)N2CCC(C)(CN)C2)s1. The Morgan fingerprint density at radius 2 is 2.17 bits per heavy atom. The number of nitrogens with two attached hydrogens (primary N) is 1. The second kappa shape index (κ2) is 4.59. The summed E-state index contributed by atoms with van der Waals surface area (Å²) in [6.45, 7) is 7.48. The molecule has 0 amide bonds. The van der Waals surface area contributed by atoms with Gasteiger partial charge in [-0.15, -0.1) is 11.3 Å². The van der Waals surface area contributed by atoms with Gasteiger partial charge < -0.3 is 5.73 Å². The van der Waals surface area contributed by atoms with Gasteiger partial charge in [-0.25, -0.2) is 8.42 Å². The highest BCUT2D eigenvalue weighted by molar-refractivity contribution is 7.91. The molecule has 1 unspecified atom stereocenters. The number of nitrogens with zero attached hydrogens (tertiary/aromatic N) is 1. The summed E-state index contributed by atoms with van der Waals surface area (Å²) in [5.41, 5.74) is 6.50. The molecule has 0 bridgehead atoms. The summed E-state index contributed by atoms with van der Waals surface area (Å²) in [6, 6.07) is 1.93. The zero-order chi connectivity index (χ0) is 13.6. The minimum absolute atomic E-state index is 0.0761. The topological polar surface area (TPSA) is 63.4 Å². The van der Waals surface area contributed by atoms with Crippen LogP contribution in [-0.2, 0) is 10.0 Å². The lowest BCUT2D eigenvalue weighted by atomic mass is 9.90. The highest BCUT2D eigenvalue weighted by atomic mass is 32.2. The summed E-state index contributed by atoms with van der Waals surface area (Å²) in [4.78, 5) is 1.03. The first kappa shape index (κ1) is 14.0. The lowest BCUT2D eigenvalue weighted by molar-refractivity contribution is 0.350. The first-order valence-corrected chi connectivity index (χ1v) is 8.31. The van der Waals surface area contributed by atoms with E-state index < -0.39 is 10.0 Å². The van der Waals surface area contributed by atoms with Crippen LogP contribution in [0.3, 0.4) is 0 Å². The van der Waals surface area contributed by atoms with E-state index >= 15 is 0 Å². The van der Waals surface area contributed by atoms with E-state index in [9.17, 15) is 8.42 Å². The Kier molecular flexibility index (Phi) is 3.57. The molecule has 0 aromatic carbocycles. The summed E-state index contributed by atoms with van der Waals surface area (Å²) >= 11 is 1.36. The van der Waals surface area contributed by atoms with Crippen molar-refractivity contribution in [3.05, 3.63) is 16.5 Å². The summed E-state index contributed by atoms with van der Waals surface area (Å²) in [5, 5.41) is 0. The van der Waals surface area contributed by atoms with Gasteiger partial charge in [0, 0.05) is 18.0 Å². The van der Waals surface area contributed by atoms with Gasteiger partial charge in [0.1, 0.15) is 4.21 Å². The fraction of sp³-hybridized carbons (Fsp3) is 0.667. The molecule has 4 nitrogen and oxygen atoms in total. The molecule has 18 heavy (non-hydrogen) atoms. The van der Waals surface area contributed by atoms with Crippen LogP contribution in [0.4, 0.5) is 0 Å². The lowest BCUT2D eigenvalue weighted by Crippen LogP contribution is -2.34. The third-order valence-electron chi connectivity index (χ3n) is 3.59. The predicted molar refractivity (Wildman–Crippen MR) is 74.3 cm³/mol. The van der Waals surface area contributed by atoms with Gasteiger partial charge in [-0.3, -0.25) is 0 Å². The van der Waals surface area contributed by atoms with Crippen molar-refractivity contribution in [2.24, 2.45) is 11.1 Å². The molecule has 1 aliphatic heterocycles. The van der Waals surface area contributed by atoms with Crippen molar-refractivity contribution in [3.63, 3.8) is 0 Å². The fourth-order valence-corrected chi connectivity index (χ4v) is 5.74. The minimum Gasteiger partial charge on any atom is -0.330 e. The zero-order valence-corrected chi connectivity index (χ0v) is 12.7. The van der Waals surface area contributed by atoms with Crippen molar-refractivity contribution in [2.75, 3.05) is 19.6 Å². The van der Waals surface area contributed by atoms with Crippen LogP contribution >= 0.6 is 11.3 Å². The first-order chi connectivity index (χ1) is 8.28. The molecule has 102 valence electrons. The molecular formula is C12H20N2O2S2. The molecule has 1 aromatic heterocycles. The third kappa shape index (κ3) is 2.34. The monoisotopic (exact) mass is 288 g/mol. The number of aryl methyl sites for hydroxylation is 2. The third-order valence-corrected chi connectivity index (χ3v) is 7.20. The van der Waals surface area contributed by atoms with Crippen molar-refractivity contribution in [3.8, 4) is 0 Å². The maximum Gasteiger partial charge on any atom is 0.252 e. The molecule has 2 rings (SSSR count). The highest BCUT2D eigenvalue weighted by Gasteiger charge is 2.39. The minimum atomic E-state index is -3.33. The molecule has 2 N–H and O–H groups in total. The summed E-state index contributed by atoms with van der Waals surface area (Å²) in [6.07, 6.45) is 0.839. The Bertz CT molecular complexity index is 550. The van der Waals surface area contributed by atoms with E-state index in [2.05, 4.69) is 6.92 Å². The van der Waals surface area contributed by atoms with Gasteiger partial charge in [0.05, 0.1) is 0 Å². The van der Waals surface area contributed by atoms with Crippen LogP contribution in [0.1, 0.15) is 23.8 Å². The predicted octanol–water partition coefficient (Wildman–Crippen LogP) is 1.72. The fourth-order valence-electron chi connectivity index (χ4n) is 2.34. The average Bonchev–Trinajstić information content (AvgIpc) is 2.84. The molecule has 1 aliphatic rings. The molecule has 1 atom stereocenters. The van der Waals surface area contributed by atoms with Gasteiger partial charge in [0.2, 0.25) is 0 Å². The standard InChI is InChI=1S/C12H20N2O2S2/c1-9-6-10(2)17-11(9)18(15,16)14-5-4-12(3,7-13)8-14/h6H,4-5,7-8,13H2,1-3H3. The van der Waals surface area contributed by atoms with Crippen LogP contribution in [0.5, 0.6) is 0 Å². The van der Waals surface area contributed by atoms with Crippen molar-refractivity contribution in [2.45, 2.75) is 31.4 Å². The van der Waals surface area contributed by atoms with Gasteiger partial charge >= 0.3 is 0 Å². The van der Waals surface area contributed by atoms with Crippen LogP contribution in [0.25, 0.3) is 0 Å². The van der Waals surface area contributed by atoms with Crippen molar-refractivity contribution >= 4 is 21.4 Å². The Morgan fingerprint density at radius 1 is 1.50 bits per heavy atom. The second-order valence-corrected chi connectivity index (χ2v) is 8.82. The van der Waals surface area contributed by atoms with E-state index in [-0.39, 0.29) is 5.41 Å². The molecule has 2 heterocycles. The van der Waals surface area contributed by atoms with E-state index in [0.717, 1.165) is 16.9 Å². The van der Waals surface area contributed by atoms with Gasteiger partial charge in [-0.2, -0.15) is 4.31 Å². The Labute approximate surface area is 113 Å². The van der Waals surface area contributed by atoms with Gasteiger partial charge in [0.15, 0.2) is 0 Å². The molecule has 1 fully saturated rings. The molecule has 1 saturated heterocycles. The molecular weight excluding hydrogens is 268 g/mol. The summed E-state index contributed by atoms with van der Waals surface area (Å²) in [5.74, 6) is 0. The number of hydrogen-bond acceptors (Lipinski definition) is 4. The molecule has 0 spiro atoms. The number of hydrogen-bond donors (Lipinski definition) is 1. The van der Waals surface area contributed by atoms with E-state index in [0.29, 0.717) is 23.8 Å². The smallest absolute Gasteiger partial charge is 0.252 e.